The average molecular weight is 532 g/mol. The van der Waals surface area contributed by atoms with E-state index in [0.717, 1.165) is 0 Å². The maximum Gasteiger partial charge on any atom is 0.326 e. The van der Waals surface area contributed by atoms with Crippen molar-refractivity contribution >= 4 is 35.6 Å². The maximum absolute atomic E-state index is 13.0. The number of hydrogen-bond donors (Lipinski definition) is 9. The molecule has 4 amide bonds. The van der Waals surface area contributed by atoms with Gasteiger partial charge in [-0.2, -0.15) is 0 Å². The zero-order chi connectivity index (χ0) is 28.4. The van der Waals surface area contributed by atoms with Crippen LogP contribution in [0.5, 0.6) is 0 Å². The van der Waals surface area contributed by atoms with E-state index in [1.165, 1.54) is 0 Å². The lowest BCUT2D eigenvalue weighted by Crippen LogP contribution is -2.57. The third-order valence-corrected chi connectivity index (χ3v) is 5.46. The minimum Gasteiger partial charge on any atom is -0.481 e. The van der Waals surface area contributed by atoms with Crippen LogP contribution in [0.25, 0.3) is 0 Å². The Hall–Kier alpha value is -3.30. The Morgan fingerprint density at radius 3 is 1.54 bits per heavy atom. The minimum absolute atomic E-state index is 0.137. The molecule has 37 heavy (non-hydrogen) atoms. The second-order valence-corrected chi connectivity index (χ2v) is 8.63. The highest BCUT2D eigenvalue weighted by molar-refractivity contribution is 5.94. The van der Waals surface area contributed by atoms with Crippen LogP contribution in [0.15, 0.2) is 0 Å². The van der Waals surface area contributed by atoms with E-state index < -0.39 is 59.7 Å². The summed E-state index contributed by atoms with van der Waals surface area (Å²) in [6.45, 7) is 0.709. The molecule has 4 atom stereocenters. The van der Waals surface area contributed by atoms with Gasteiger partial charge in [-0.1, -0.05) is 0 Å². The SMILES string of the molecule is NCCCCC(NC(=O)C(CCCCN)NC(=O)C(CCC(N)=O)NC(=O)C(N)CCC(=O)O)C(=O)O. The van der Waals surface area contributed by atoms with Crippen LogP contribution in [0.1, 0.15) is 64.2 Å². The Bertz CT molecular complexity index is 780. The molecule has 13 N–H and O–H groups in total. The van der Waals surface area contributed by atoms with Crippen molar-refractivity contribution < 1.29 is 39.0 Å². The molecule has 0 spiro atoms. The number of carboxylic acid groups (broad SMARTS) is 2. The van der Waals surface area contributed by atoms with Gasteiger partial charge in [0, 0.05) is 12.8 Å². The maximum atomic E-state index is 13.0. The van der Waals surface area contributed by atoms with Gasteiger partial charge in [-0.3, -0.25) is 24.0 Å². The van der Waals surface area contributed by atoms with Gasteiger partial charge in [0.1, 0.15) is 18.1 Å². The largest absolute Gasteiger partial charge is 0.481 e. The van der Waals surface area contributed by atoms with E-state index in [1.807, 2.05) is 0 Å². The molecule has 15 heteroatoms. The molecule has 0 aromatic heterocycles. The highest BCUT2D eigenvalue weighted by Gasteiger charge is 2.30. The number of carbonyl (C=O) groups excluding carboxylic acids is 4. The molecule has 0 rings (SSSR count). The number of hydrogen-bond acceptors (Lipinski definition) is 9. The minimum atomic E-state index is -1.31. The van der Waals surface area contributed by atoms with Gasteiger partial charge in [0.05, 0.1) is 6.04 Å². The van der Waals surface area contributed by atoms with Crippen molar-refractivity contribution in [2.75, 3.05) is 13.1 Å². The van der Waals surface area contributed by atoms with E-state index >= 15 is 0 Å². The first-order chi connectivity index (χ1) is 17.4. The Balaban J connectivity index is 5.53. The van der Waals surface area contributed by atoms with Crippen molar-refractivity contribution in [2.24, 2.45) is 22.9 Å². The monoisotopic (exact) mass is 531 g/mol. The molecule has 0 saturated heterocycles. The van der Waals surface area contributed by atoms with Crippen molar-refractivity contribution in [3.05, 3.63) is 0 Å². The van der Waals surface area contributed by atoms with Crippen molar-refractivity contribution in [3.8, 4) is 0 Å². The Morgan fingerprint density at radius 2 is 1.08 bits per heavy atom. The van der Waals surface area contributed by atoms with Gasteiger partial charge >= 0.3 is 11.9 Å². The van der Waals surface area contributed by atoms with Gasteiger partial charge in [0.25, 0.3) is 0 Å². The average Bonchev–Trinajstić information content (AvgIpc) is 2.83. The number of carbonyl (C=O) groups is 6. The number of aliphatic carboxylic acids is 2. The predicted molar refractivity (Wildman–Crippen MR) is 133 cm³/mol. The van der Waals surface area contributed by atoms with E-state index in [0.29, 0.717) is 38.8 Å². The lowest BCUT2D eigenvalue weighted by Gasteiger charge is -2.25. The van der Waals surface area contributed by atoms with E-state index in [1.54, 1.807) is 0 Å². The molecule has 0 aliphatic rings. The molecule has 0 aromatic rings. The summed E-state index contributed by atoms with van der Waals surface area (Å²) in [5.74, 6) is -5.49. The summed E-state index contributed by atoms with van der Waals surface area (Å²) >= 11 is 0. The molecule has 0 radical (unpaired) electrons. The Kier molecular flexibility index (Phi) is 17.2. The number of unbranched alkanes of at least 4 members (excludes halogenated alkanes) is 2. The number of carboxylic acids is 2. The highest BCUT2D eigenvalue weighted by atomic mass is 16.4. The number of nitrogens with one attached hydrogen (secondary N) is 3. The summed E-state index contributed by atoms with van der Waals surface area (Å²) in [7, 11) is 0. The fourth-order valence-electron chi connectivity index (χ4n) is 3.30. The van der Waals surface area contributed by atoms with Crippen LogP contribution >= 0.6 is 0 Å². The molecule has 212 valence electrons. The van der Waals surface area contributed by atoms with Gasteiger partial charge in [0.15, 0.2) is 0 Å². The molecule has 0 heterocycles. The van der Waals surface area contributed by atoms with Crippen LogP contribution < -0.4 is 38.9 Å². The molecule has 15 nitrogen and oxygen atoms in total. The van der Waals surface area contributed by atoms with Crippen LogP contribution in [0.3, 0.4) is 0 Å². The summed E-state index contributed by atoms with van der Waals surface area (Å²) in [6, 6.07) is -4.87. The first kappa shape index (κ1) is 33.7. The molecular formula is C22H41N7O8. The normalized spacial score (nSPS) is 14.0. The first-order valence-corrected chi connectivity index (χ1v) is 12.2. The second kappa shape index (κ2) is 18.9. The summed E-state index contributed by atoms with van der Waals surface area (Å²) in [5, 5.41) is 25.5. The van der Waals surface area contributed by atoms with Crippen molar-refractivity contribution in [1.82, 2.24) is 16.0 Å². The summed E-state index contributed by atoms with van der Waals surface area (Å²) < 4.78 is 0. The van der Waals surface area contributed by atoms with Gasteiger partial charge in [-0.05, 0) is 64.5 Å². The molecule has 0 fully saturated rings. The van der Waals surface area contributed by atoms with Crippen LogP contribution in [0, 0.1) is 0 Å². The standard InChI is InChI=1S/C22H41N7O8/c23-11-3-1-5-14(20(34)29-16(22(36)37)6-2-4-12-24)28-21(35)15(8-9-17(26)30)27-19(33)13(25)7-10-18(31)32/h13-16H,1-12,23-25H2,(H2,26,30)(H,27,33)(H,28,35)(H,29,34)(H,31,32)(H,36,37). The van der Waals surface area contributed by atoms with Crippen LogP contribution in [0.4, 0.5) is 0 Å². The number of primary amides is 1. The zero-order valence-corrected chi connectivity index (χ0v) is 20.9. The third kappa shape index (κ3) is 15.4. The number of nitrogens with two attached hydrogens (primary N) is 4. The van der Waals surface area contributed by atoms with Crippen LogP contribution in [-0.2, 0) is 28.8 Å². The van der Waals surface area contributed by atoms with Crippen molar-refractivity contribution in [2.45, 2.75) is 88.4 Å². The first-order valence-electron chi connectivity index (χ1n) is 12.2. The van der Waals surface area contributed by atoms with Gasteiger partial charge < -0.3 is 49.1 Å². The summed E-state index contributed by atoms with van der Waals surface area (Å²) in [6.07, 6.45) is 1.29. The molecule has 0 aliphatic carbocycles. The Labute approximate surface area is 215 Å². The lowest BCUT2D eigenvalue weighted by molar-refractivity contribution is -0.142. The van der Waals surface area contributed by atoms with Crippen LogP contribution in [-0.4, -0.2) is 83.0 Å². The summed E-state index contributed by atoms with van der Waals surface area (Å²) in [5.41, 5.74) is 21.8. The topological polar surface area (TPSA) is 283 Å². The zero-order valence-electron chi connectivity index (χ0n) is 20.9. The smallest absolute Gasteiger partial charge is 0.326 e. The van der Waals surface area contributed by atoms with Crippen LogP contribution in [0.2, 0.25) is 0 Å². The fraction of sp³-hybridized carbons (Fsp3) is 0.727. The van der Waals surface area contributed by atoms with Gasteiger partial charge in [-0.25, -0.2) is 4.79 Å². The summed E-state index contributed by atoms with van der Waals surface area (Å²) in [4.78, 5) is 71.9. The molecular weight excluding hydrogens is 490 g/mol. The number of amides is 4. The van der Waals surface area contributed by atoms with Crippen molar-refractivity contribution in [3.63, 3.8) is 0 Å². The Morgan fingerprint density at radius 1 is 0.622 bits per heavy atom. The van der Waals surface area contributed by atoms with E-state index in [4.69, 9.17) is 28.0 Å². The van der Waals surface area contributed by atoms with E-state index in [-0.39, 0.29) is 38.5 Å². The van der Waals surface area contributed by atoms with Gasteiger partial charge in [0.2, 0.25) is 23.6 Å². The second-order valence-electron chi connectivity index (χ2n) is 8.63. The quantitative estimate of drug-likeness (QED) is 0.0683. The van der Waals surface area contributed by atoms with Gasteiger partial charge in [-0.15, -0.1) is 0 Å². The van der Waals surface area contributed by atoms with Crippen molar-refractivity contribution in [1.29, 1.82) is 0 Å². The number of rotatable bonds is 21. The molecule has 0 saturated carbocycles. The predicted octanol–water partition coefficient (Wildman–Crippen LogP) is -2.76. The lowest BCUT2D eigenvalue weighted by atomic mass is 10.0. The molecule has 0 aromatic carbocycles. The van der Waals surface area contributed by atoms with E-state index in [9.17, 15) is 33.9 Å². The van der Waals surface area contributed by atoms with E-state index in [2.05, 4.69) is 16.0 Å². The fourth-order valence-corrected chi connectivity index (χ4v) is 3.30. The third-order valence-electron chi connectivity index (χ3n) is 5.46. The molecule has 4 unspecified atom stereocenters. The highest BCUT2D eigenvalue weighted by Crippen LogP contribution is 2.07. The molecule has 0 bridgehead atoms. The molecule has 0 aliphatic heterocycles.